The van der Waals surface area contributed by atoms with Crippen molar-refractivity contribution in [1.82, 2.24) is 14.8 Å². The van der Waals surface area contributed by atoms with Crippen LogP contribution in [0, 0.1) is 10.1 Å². The molecule has 0 aliphatic heterocycles. The van der Waals surface area contributed by atoms with E-state index in [9.17, 15) is 10.1 Å². The summed E-state index contributed by atoms with van der Waals surface area (Å²) in [5.41, 5.74) is 2.56. The van der Waals surface area contributed by atoms with E-state index in [0.717, 1.165) is 4.70 Å². The molecule has 1 unspecified atom stereocenters. The molecule has 0 fully saturated rings. The normalized spacial score (nSPS) is 12.4. The predicted octanol–water partition coefficient (Wildman–Crippen LogP) is 2.90. The Morgan fingerprint density at radius 2 is 2.38 bits per heavy atom. The summed E-state index contributed by atoms with van der Waals surface area (Å²) in [7, 11) is 0. The lowest BCUT2D eigenvalue weighted by Gasteiger charge is -2.15. The first-order valence-corrected chi connectivity index (χ1v) is 7.27. The minimum atomic E-state index is -0.384. The van der Waals surface area contributed by atoms with Gasteiger partial charge >= 0.3 is 5.69 Å². The lowest BCUT2D eigenvalue weighted by Crippen LogP contribution is -2.22. The fraction of sp³-hybridized carbons (Fsp3) is 0.231. The lowest BCUT2D eigenvalue weighted by molar-refractivity contribution is -0.382. The van der Waals surface area contributed by atoms with E-state index in [-0.39, 0.29) is 16.7 Å². The minimum absolute atomic E-state index is 0.000291. The largest absolute Gasteiger partial charge is 0.375 e. The van der Waals surface area contributed by atoms with Crippen LogP contribution in [0.2, 0.25) is 0 Å². The first kappa shape index (κ1) is 13.5. The van der Waals surface area contributed by atoms with E-state index in [2.05, 4.69) is 15.4 Å². The maximum atomic E-state index is 11.3. The number of aromatic nitrogens is 3. The number of benzene rings is 1. The summed E-state index contributed by atoms with van der Waals surface area (Å²) >= 11 is 1.39. The van der Waals surface area contributed by atoms with Crippen molar-refractivity contribution in [3.63, 3.8) is 0 Å². The second-order valence-electron chi connectivity index (χ2n) is 4.69. The molecule has 0 spiro atoms. The van der Waals surface area contributed by atoms with E-state index in [1.165, 1.54) is 11.3 Å². The van der Waals surface area contributed by atoms with Crippen molar-refractivity contribution >= 4 is 32.9 Å². The van der Waals surface area contributed by atoms with Gasteiger partial charge in [-0.3, -0.25) is 14.8 Å². The van der Waals surface area contributed by atoms with Gasteiger partial charge in [0.25, 0.3) is 0 Å². The Kier molecular flexibility index (Phi) is 3.53. The molecule has 2 aromatic heterocycles. The molecule has 8 heteroatoms. The molecule has 2 heterocycles. The molecule has 0 aliphatic carbocycles. The van der Waals surface area contributed by atoms with Gasteiger partial charge in [0, 0.05) is 18.4 Å². The van der Waals surface area contributed by atoms with Gasteiger partial charge < -0.3 is 5.32 Å². The SMILES string of the molecule is CC(Cn1cccn1)Nc1ccc2scnc2c1[N+](=O)[O-]. The van der Waals surface area contributed by atoms with Gasteiger partial charge in [0.1, 0.15) is 5.69 Å². The zero-order chi connectivity index (χ0) is 14.8. The summed E-state index contributed by atoms with van der Waals surface area (Å²) in [6, 6.07) is 5.43. The molecule has 0 radical (unpaired) electrons. The predicted molar refractivity (Wildman–Crippen MR) is 81.6 cm³/mol. The summed E-state index contributed by atoms with van der Waals surface area (Å²) in [5, 5.41) is 18.6. The number of nitrogens with zero attached hydrogens (tertiary/aromatic N) is 4. The van der Waals surface area contributed by atoms with Crippen LogP contribution in [0.4, 0.5) is 11.4 Å². The van der Waals surface area contributed by atoms with E-state index in [1.807, 2.05) is 25.3 Å². The smallest absolute Gasteiger partial charge is 0.319 e. The van der Waals surface area contributed by atoms with Crippen LogP contribution in [0.3, 0.4) is 0 Å². The van der Waals surface area contributed by atoms with Crippen molar-refractivity contribution in [1.29, 1.82) is 0 Å². The average Bonchev–Trinajstić information content (AvgIpc) is 3.08. The van der Waals surface area contributed by atoms with Gasteiger partial charge in [-0.15, -0.1) is 11.3 Å². The lowest BCUT2D eigenvalue weighted by atomic mass is 10.2. The van der Waals surface area contributed by atoms with Crippen molar-refractivity contribution in [3.05, 3.63) is 46.2 Å². The van der Waals surface area contributed by atoms with E-state index < -0.39 is 0 Å². The van der Waals surface area contributed by atoms with E-state index in [0.29, 0.717) is 17.7 Å². The average molecular weight is 303 g/mol. The first-order valence-electron chi connectivity index (χ1n) is 6.39. The molecule has 0 saturated heterocycles. The molecule has 21 heavy (non-hydrogen) atoms. The van der Waals surface area contributed by atoms with Gasteiger partial charge in [-0.1, -0.05) is 0 Å². The summed E-state index contributed by atoms with van der Waals surface area (Å²) in [6.07, 6.45) is 3.56. The summed E-state index contributed by atoms with van der Waals surface area (Å²) < 4.78 is 2.59. The Balaban J connectivity index is 1.89. The molecule has 0 bridgehead atoms. The minimum Gasteiger partial charge on any atom is -0.375 e. The summed E-state index contributed by atoms with van der Waals surface area (Å²) in [6.45, 7) is 2.58. The number of thiazole rings is 1. The number of hydrogen-bond acceptors (Lipinski definition) is 6. The molecular formula is C13H13N5O2S. The van der Waals surface area contributed by atoms with Gasteiger partial charge in [-0.25, -0.2) is 4.98 Å². The highest BCUT2D eigenvalue weighted by atomic mass is 32.1. The quantitative estimate of drug-likeness (QED) is 0.578. The Hall–Kier alpha value is -2.48. The van der Waals surface area contributed by atoms with Crippen molar-refractivity contribution in [2.45, 2.75) is 19.5 Å². The number of anilines is 1. The molecule has 7 nitrogen and oxygen atoms in total. The second-order valence-corrected chi connectivity index (χ2v) is 5.58. The van der Waals surface area contributed by atoms with Crippen LogP contribution in [-0.4, -0.2) is 25.7 Å². The van der Waals surface area contributed by atoms with Crippen molar-refractivity contribution in [2.24, 2.45) is 0 Å². The van der Waals surface area contributed by atoms with Gasteiger partial charge in [0.15, 0.2) is 5.52 Å². The third-order valence-corrected chi connectivity index (χ3v) is 3.87. The van der Waals surface area contributed by atoms with Crippen LogP contribution in [0.25, 0.3) is 10.2 Å². The second kappa shape index (κ2) is 5.49. The fourth-order valence-electron chi connectivity index (χ4n) is 2.22. The maximum absolute atomic E-state index is 11.3. The summed E-state index contributed by atoms with van der Waals surface area (Å²) in [5.74, 6) is 0. The van der Waals surface area contributed by atoms with Gasteiger partial charge in [-0.05, 0) is 25.1 Å². The molecular weight excluding hydrogens is 290 g/mol. The zero-order valence-electron chi connectivity index (χ0n) is 11.3. The monoisotopic (exact) mass is 303 g/mol. The molecule has 0 aliphatic rings. The fourth-order valence-corrected chi connectivity index (χ4v) is 2.90. The van der Waals surface area contributed by atoms with Crippen LogP contribution in [-0.2, 0) is 6.54 Å². The van der Waals surface area contributed by atoms with Crippen LogP contribution >= 0.6 is 11.3 Å². The highest BCUT2D eigenvalue weighted by molar-refractivity contribution is 7.16. The van der Waals surface area contributed by atoms with Crippen LogP contribution in [0.5, 0.6) is 0 Å². The molecule has 108 valence electrons. The Labute approximate surface area is 124 Å². The number of rotatable bonds is 5. The van der Waals surface area contributed by atoms with E-state index in [1.54, 1.807) is 22.5 Å². The number of fused-ring (bicyclic) bond motifs is 1. The van der Waals surface area contributed by atoms with E-state index in [4.69, 9.17) is 0 Å². The number of nitro benzene ring substituents is 1. The number of nitrogens with one attached hydrogen (secondary N) is 1. The molecule has 0 amide bonds. The highest BCUT2D eigenvalue weighted by Gasteiger charge is 2.21. The molecule has 3 aromatic rings. The van der Waals surface area contributed by atoms with Gasteiger partial charge in [-0.2, -0.15) is 5.10 Å². The van der Waals surface area contributed by atoms with Crippen molar-refractivity contribution in [3.8, 4) is 0 Å². The topological polar surface area (TPSA) is 85.9 Å². The molecule has 0 saturated carbocycles. The Bertz CT molecular complexity index is 768. The molecule has 1 N–H and O–H groups in total. The first-order chi connectivity index (χ1) is 10.1. The highest BCUT2D eigenvalue weighted by Crippen LogP contribution is 2.34. The van der Waals surface area contributed by atoms with E-state index >= 15 is 0 Å². The molecule has 1 atom stereocenters. The molecule has 3 rings (SSSR count). The van der Waals surface area contributed by atoms with Crippen molar-refractivity contribution < 1.29 is 4.92 Å². The Morgan fingerprint density at radius 1 is 1.52 bits per heavy atom. The third kappa shape index (κ3) is 2.70. The van der Waals surface area contributed by atoms with Crippen LogP contribution in [0.15, 0.2) is 36.1 Å². The van der Waals surface area contributed by atoms with Crippen LogP contribution < -0.4 is 5.32 Å². The van der Waals surface area contributed by atoms with Gasteiger partial charge in [0.05, 0.1) is 21.7 Å². The summed E-state index contributed by atoms with van der Waals surface area (Å²) in [4.78, 5) is 15.1. The van der Waals surface area contributed by atoms with Gasteiger partial charge in [0.2, 0.25) is 0 Å². The third-order valence-electron chi connectivity index (χ3n) is 3.08. The maximum Gasteiger partial charge on any atom is 0.319 e. The van der Waals surface area contributed by atoms with Crippen LogP contribution in [0.1, 0.15) is 6.92 Å². The number of hydrogen-bond donors (Lipinski definition) is 1. The van der Waals surface area contributed by atoms with Crippen molar-refractivity contribution in [2.75, 3.05) is 5.32 Å². The zero-order valence-corrected chi connectivity index (χ0v) is 12.1. The Morgan fingerprint density at radius 3 is 3.10 bits per heavy atom. The number of nitro groups is 1. The molecule has 1 aromatic carbocycles. The standard InChI is InChI=1S/C13H13N5O2S/c1-9(7-17-6-2-5-15-17)16-10-3-4-11-12(14-8-21-11)13(10)18(19)20/h2-6,8-9,16H,7H2,1H3.